The molecule has 0 bridgehead atoms. The maximum absolute atomic E-state index is 14.5. The molecule has 2 heterocycles. The first-order chi connectivity index (χ1) is 30.4. The Morgan fingerprint density at radius 1 is 1.00 bits per heavy atom. The summed E-state index contributed by atoms with van der Waals surface area (Å²) < 4.78 is 37.9. The fourth-order valence-electron chi connectivity index (χ4n) is 9.44. The number of hydrogen-bond donors (Lipinski definition) is 2. The van der Waals surface area contributed by atoms with Crippen LogP contribution in [-0.4, -0.2) is 82.5 Å². The Bertz CT molecular complexity index is 2190. The number of carbonyl (C=O) groups is 1. The molecule has 2 aliphatic carbocycles. The second-order valence-corrected chi connectivity index (χ2v) is 17.3. The molecule has 2 aliphatic heterocycles. The van der Waals surface area contributed by atoms with Gasteiger partial charge in [-0.05, 0) is 113 Å². The third kappa shape index (κ3) is 9.95. The number of aliphatic hydroxyl groups is 2. The van der Waals surface area contributed by atoms with Crippen LogP contribution in [0.15, 0.2) is 90.1 Å². The van der Waals surface area contributed by atoms with Crippen LogP contribution in [0.1, 0.15) is 89.7 Å². The van der Waals surface area contributed by atoms with Gasteiger partial charge in [-0.15, -0.1) is 6.58 Å². The molecule has 4 aliphatic rings. The molecule has 6 atom stereocenters. The number of amides is 1. The topological polar surface area (TPSA) is 181 Å². The van der Waals surface area contributed by atoms with Gasteiger partial charge in [0.15, 0.2) is 11.5 Å². The minimum Gasteiger partial charge on any atom is -0.459 e. The van der Waals surface area contributed by atoms with Crippen molar-refractivity contribution < 1.29 is 53.2 Å². The van der Waals surface area contributed by atoms with E-state index in [1.807, 2.05) is 51.1 Å². The van der Waals surface area contributed by atoms with E-state index in [-0.39, 0.29) is 69.6 Å². The highest BCUT2D eigenvalue weighted by Gasteiger charge is 2.65. The summed E-state index contributed by atoms with van der Waals surface area (Å²) in [6.07, 6.45) is 7.79. The maximum Gasteiger partial charge on any atom is 0.410 e. The highest BCUT2D eigenvalue weighted by atomic mass is 16.7. The molecule has 1 saturated carbocycles. The molecule has 15 heteroatoms. The van der Waals surface area contributed by atoms with Crippen LogP contribution in [0.2, 0.25) is 0 Å². The summed E-state index contributed by atoms with van der Waals surface area (Å²) in [4.78, 5) is 33.6. The van der Waals surface area contributed by atoms with E-state index in [9.17, 15) is 25.1 Å². The molecule has 3 aromatic carbocycles. The molecule has 7 rings (SSSR count). The first-order valence-electron chi connectivity index (χ1n) is 21.9. The molecule has 2 N–H and O–H groups in total. The Hall–Kier alpha value is -5.64. The smallest absolute Gasteiger partial charge is 0.410 e. The molecule has 1 fully saturated rings. The van der Waals surface area contributed by atoms with Gasteiger partial charge >= 0.3 is 6.09 Å². The van der Waals surface area contributed by atoms with Crippen molar-refractivity contribution in [2.75, 3.05) is 33.2 Å². The second-order valence-electron chi connectivity index (χ2n) is 17.3. The number of nitro groups is 1. The molecule has 15 nitrogen and oxygen atoms in total. The fourth-order valence-corrected chi connectivity index (χ4v) is 9.44. The molecule has 0 aromatic heterocycles. The van der Waals surface area contributed by atoms with E-state index in [1.165, 1.54) is 12.1 Å². The minimum atomic E-state index is -1.53. The number of unbranched alkanes of at least 4 members (excludes halogenated alkanes) is 2. The maximum atomic E-state index is 14.5. The van der Waals surface area contributed by atoms with Crippen molar-refractivity contribution in [2.45, 2.75) is 103 Å². The zero-order valence-corrected chi connectivity index (χ0v) is 36.5. The lowest BCUT2D eigenvalue weighted by atomic mass is 9.55. The van der Waals surface area contributed by atoms with Gasteiger partial charge in [0.25, 0.3) is 5.69 Å². The molecule has 6 unspecified atom stereocenters. The number of rotatable bonds is 19. The largest absolute Gasteiger partial charge is 0.459 e. The summed E-state index contributed by atoms with van der Waals surface area (Å²) in [5.41, 5.74) is 2.36. The normalized spacial score (nSPS) is 23.7. The quantitative estimate of drug-likeness (QED) is 0.0505. The summed E-state index contributed by atoms with van der Waals surface area (Å²) in [5.74, 6) is -0.0272. The Balaban J connectivity index is 1.46. The molecule has 3 aromatic rings. The highest BCUT2D eigenvalue weighted by Crippen LogP contribution is 2.62. The zero-order chi connectivity index (χ0) is 44.7. The lowest BCUT2D eigenvalue weighted by Crippen LogP contribution is -2.70. The predicted molar refractivity (Wildman–Crippen MR) is 234 cm³/mol. The second kappa shape index (κ2) is 19.8. The molecule has 0 spiro atoms. The van der Waals surface area contributed by atoms with Gasteiger partial charge in [0, 0.05) is 43.7 Å². The van der Waals surface area contributed by atoms with Gasteiger partial charge < -0.3 is 43.5 Å². The standard InChI is InChI=1S/C48H59N3O12/c1-6-23-60-48-43(50(46(54)57-7-2)29-31-17-19-41-42(24-31)59-30-58-41)28-39(49-63-47(3,4)5)37-25-32(13-8-10-21-52)36(16-9-11-22-53)44(45(37)48)38-27-35(18-20-40(38)62-48)61-34-15-12-14-33(26-34)51(55)56/h6,12,14-15,17-20,24-27,32,36,43-45,52-53H,1,7-11,13,16,21-23,28-30H2,2-5H3. The number of hydrogen-bond acceptors (Lipinski definition) is 13. The molecule has 63 heavy (non-hydrogen) atoms. The van der Waals surface area contributed by atoms with E-state index in [2.05, 4.69) is 12.7 Å². The summed E-state index contributed by atoms with van der Waals surface area (Å²) in [7, 11) is 0. The highest BCUT2D eigenvalue weighted by molar-refractivity contribution is 6.03. The number of nitro benzene ring substituents is 1. The Kier molecular flexibility index (Phi) is 14.3. The van der Waals surface area contributed by atoms with E-state index >= 15 is 0 Å². The Morgan fingerprint density at radius 2 is 1.75 bits per heavy atom. The fraction of sp³-hybridized carbons (Fsp3) is 0.500. The number of non-ortho nitro benzene ring substituents is 1. The molecular weight excluding hydrogens is 811 g/mol. The van der Waals surface area contributed by atoms with Crippen molar-refractivity contribution in [3.8, 4) is 28.7 Å². The molecule has 0 saturated heterocycles. The summed E-state index contributed by atoms with van der Waals surface area (Å²) in [6, 6.07) is 16.3. The SMILES string of the molecule is C=CCOC12Oc3ccc(Oc4cccc([N+](=O)[O-])c4)cc3C3C(CCCCO)C(CCCCO)C=C(C(=NOC(C)(C)C)CC1N(Cc1ccc4c(c1)OCO4)C(=O)OCC)C32. The monoisotopic (exact) mass is 869 g/mol. The average Bonchev–Trinajstić information content (AvgIpc) is 3.73. The summed E-state index contributed by atoms with van der Waals surface area (Å²) in [6.45, 7) is 12.1. The number of aliphatic hydroxyl groups excluding tert-OH is 2. The van der Waals surface area contributed by atoms with E-state index in [1.54, 1.807) is 36.1 Å². The molecule has 0 radical (unpaired) electrons. The van der Waals surface area contributed by atoms with Gasteiger partial charge in [0.2, 0.25) is 12.6 Å². The van der Waals surface area contributed by atoms with Crippen LogP contribution in [-0.2, 0) is 20.9 Å². The number of allylic oxidation sites excluding steroid dienone is 1. The molecular formula is C48H59N3O12. The number of benzene rings is 3. The van der Waals surface area contributed by atoms with E-state index in [0.717, 1.165) is 42.4 Å². The van der Waals surface area contributed by atoms with Gasteiger partial charge in [0.05, 0.1) is 35.8 Å². The number of carbonyl (C=O) groups excluding carboxylic acids is 1. The van der Waals surface area contributed by atoms with Gasteiger partial charge in [-0.25, -0.2) is 4.79 Å². The van der Waals surface area contributed by atoms with Crippen LogP contribution in [0, 0.1) is 27.9 Å². The average molecular weight is 870 g/mol. The number of oxime groups is 1. The van der Waals surface area contributed by atoms with E-state index < -0.39 is 34.4 Å². The molecule has 338 valence electrons. The Morgan fingerprint density at radius 3 is 2.48 bits per heavy atom. The van der Waals surface area contributed by atoms with Crippen molar-refractivity contribution in [1.29, 1.82) is 0 Å². The number of ether oxygens (including phenoxy) is 6. The first kappa shape index (κ1) is 45.4. The predicted octanol–water partition coefficient (Wildman–Crippen LogP) is 9.21. The third-order valence-electron chi connectivity index (χ3n) is 12.0. The lowest BCUT2D eigenvalue weighted by molar-refractivity contribution is -0.384. The van der Waals surface area contributed by atoms with Gasteiger partial charge in [0.1, 0.15) is 28.9 Å². The van der Waals surface area contributed by atoms with Crippen LogP contribution < -0.4 is 18.9 Å². The van der Waals surface area contributed by atoms with Crippen LogP contribution in [0.4, 0.5) is 10.5 Å². The van der Waals surface area contributed by atoms with Crippen LogP contribution in [0.5, 0.6) is 28.7 Å². The third-order valence-corrected chi connectivity index (χ3v) is 12.0. The van der Waals surface area contributed by atoms with E-state index in [4.69, 9.17) is 38.4 Å². The van der Waals surface area contributed by atoms with Crippen molar-refractivity contribution in [3.63, 3.8) is 0 Å². The lowest BCUT2D eigenvalue weighted by Gasteiger charge is -2.60. The minimum absolute atomic E-state index is 0.00192. The van der Waals surface area contributed by atoms with Crippen molar-refractivity contribution in [1.82, 2.24) is 4.90 Å². The van der Waals surface area contributed by atoms with Gasteiger partial charge in [-0.2, -0.15) is 0 Å². The summed E-state index contributed by atoms with van der Waals surface area (Å²) in [5, 5.41) is 36.5. The van der Waals surface area contributed by atoms with Gasteiger partial charge in [-0.3, -0.25) is 15.0 Å². The summed E-state index contributed by atoms with van der Waals surface area (Å²) >= 11 is 0. The van der Waals surface area contributed by atoms with Crippen LogP contribution in [0.3, 0.4) is 0 Å². The zero-order valence-electron chi connectivity index (χ0n) is 36.5. The Labute approximate surface area is 368 Å². The van der Waals surface area contributed by atoms with Crippen molar-refractivity contribution in [2.24, 2.45) is 22.9 Å². The van der Waals surface area contributed by atoms with Gasteiger partial charge in [-0.1, -0.05) is 42.3 Å². The van der Waals surface area contributed by atoms with Crippen LogP contribution >= 0.6 is 0 Å². The van der Waals surface area contributed by atoms with E-state index in [0.29, 0.717) is 47.3 Å². The number of fused-ring (bicyclic) bond motifs is 3. The van der Waals surface area contributed by atoms with Crippen molar-refractivity contribution >= 4 is 17.5 Å². The first-order valence-corrected chi connectivity index (χ1v) is 21.9. The molecule has 1 amide bonds. The van der Waals surface area contributed by atoms with Crippen LogP contribution in [0.25, 0.3) is 0 Å². The number of nitrogens with zero attached hydrogens (tertiary/aromatic N) is 3. The van der Waals surface area contributed by atoms with Crippen molar-refractivity contribution in [3.05, 3.63) is 106 Å².